The molecule has 2 N–H and O–H groups in total. The molecule has 0 aliphatic carbocycles. The zero-order valence-corrected chi connectivity index (χ0v) is 16.5. The molecule has 144 valence electrons. The van der Waals surface area contributed by atoms with Gasteiger partial charge in [0.15, 0.2) is 5.96 Å². The topological polar surface area (TPSA) is 48.9 Å². The number of rotatable bonds is 6. The number of nitrogens with one attached hydrogen (secondary N) is 2. The van der Waals surface area contributed by atoms with Crippen molar-refractivity contribution in [2.45, 2.75) is 32.5 Å². The van der Waals surface area contributed by atoms with Crippen LogP contribution in [0.25, 0.3) is 0 Å². The average Bonchev–Trinajstić information content (AvgIpc) is 2.73. The first kappa shape index (κ1) is 19.2. The fraction of sp³-hybridized carbons (Fsp3) is 0.409. The fourth-order valence-corrected chi connectivity index (χ4v) is 3.46. The summed E-state index contributed by atoms with van der Waals surface area (Å²) in [5.41, 5.74) is 4.11. The number of hydrogen-bond donors (Lipinski definition) is 2. The maximum Gasteiger partial charge on any atom is 0.191 e. The Bertz CT molecular complexity index is 774. The Hall–Kier alpha value is -2.53. The second-order valence-electron chi connectivity index (χ2n) is 7.00. The van der Waals surface area contributed by atoms with Crippen molar-refractivity contribution in [3.8, 4) is 5.75 Å². The molecule has 1 aliphatic heterocycles. The Morgan fingerprint density at radius 3 is 2.74 bits per heavy atom. The molecule has 0 bridgehead atoms. The molecule has 1 heterocycles. The van der Waals surface area contributed by atoms with Gasteiger partial charge in [-0.05, 0) is 42.2 Å². The van der Waals surface area contributed by atoms with Gasteiger partial charge >= 0.3 is 0 Å². The highest BCUT2D eigenvalue weighted by atomic mass is 16.5. The van der Waals surface area contributed by atoms with Gasteiger partial charge in [0.2, 0.25) is 0 Å². The number of guanidine groups is 1. The van der Waals surface area contributed by atoms with Crippen molar-refractivity contribution in [2.24, 2.45) is 4.99 Å². The molecule has 1 unspecified atom stereocenters. The van der Waals surface area contributed by atoms with Crippen molar-refractivity contribution < 1.29 is 4.74 Å². The van der Waals surface area contributed by atoms with Crippen molar-refractivity contribution in [2.75, 3.05) is 27.2 Å². The summed E-state index contributed by atoms with van der Waals surface area (Å²) in [6, 6.07) is 17.3. The molecule has 0 amide bonds. The van der Waals surface area contributed by atoms with Crippen LogP contribution in [0.15, 0.2) is 53.5 Å². The van der Waals surface area contributed by atoms with Gasteiger partial charge in [0, 0.05) is 39.3 Å². The van der Waals surface area contributed by atoms with Gasteiger partial charge in [0.05, 0.1) is 7.11 Å². The summed E-state index contributed by atoms with van der Waals surface area (Å²) in [7, 11) is 3.50. The minimum atomic E-state index is 0.439. The monoisotopic (exact) mass is 366 g/mol. The third-order valence-electron chi connectivity index (χ3n) is 5.17. The SMILES string of the molecule is CN=C(NCc1cccc(OC)c1)NCC(C)N1CCc2ccccc2C1. The molecule has 2 aromatic carbocycles. The Balaban J connectivity index is 1.48. The maximum atomic E-state index is 5.28. The molecule has 5 nitrogen and oxygen atoms in total. The molecule has 27 heavy (non-hydrogen) atoms. The second-order valence-corrected chi connectivity index (χ2v) is 7.00. The van der Waals surface area contributed by atoms with Gasteiger partial charge < -0.3 is 15.4 Å². The number of benzene rings is 2. The molecule has 0 saturated carbocycles. The Morgan fingerprint density at radius 2 is 1.96 bits per heavy atom. The van der Waals surface area contributed by atoms with Gasteiger partial charge in [-0.25, -0.2) is 0 Å². The van der Waals surface area contributed by atoms with Crippen LogP contribution >= 0.6 is 0 Å². The molecule has 5 heteroatoms. The molecule has 1 atom stereocenters. The zero-order valence-electron chi connectivity index (χ0n) is 16.5. The lowest BCUT2D eigenvalue weighted by Crippen LogP contribution is -2.47. The third-order valence-corrected chi connectivity index (χ3v) is 5.17. The van der Waals surface area contributed by atoms with Crippen molar-refractivity contribution in [3.63, 3.8) is 0 Å². The van der Waals surface area contributed by atoms with Crippen molar-refractivity contribution >= 4 is 5.96 Å². The van der Waals surface area contributed by atoms with Crippen LogP contribution in [-0.2, 0) is 19.5 Å². The highest BCUT2D eigenvalue weighted by Crippen LogP contribution is 2.20. The minimum Gasteiger partial charge on any atom is -0.497 e. The third kappa shape index (κ3) is 5.23. The molecule has 0 radical (unpaired) electrons. The Morgan fingerprint density at radius 1 is 1.15 bits per heavy atom. The Labute approximate surface area is 162 Å². The molecular weight excluding hydrogens is 336 g/mol. The van der Waals surface area contributed by atoms with E-state index in [0.717, 1.165) is 43.3 Å². The fourth-order valence-electron chi connectivity index (χ4n) is 3.46. The van der Waals surface area contributed by atoms with Crippen LogP contribution in [0.1, 0.15) is 23.6 Å². The molecule has 0 saturated heterocycles. The number of nitrogens with zero attached hydrogens (tertiary/aromatic N) is 2. The van der Waals surface area contributed by atoms with E-state index < -0.39 is 0 Å². The van der Waals surface area contributed by atoms with Crippen LogP contribution in [-0.4, -0.2) is 44.1 Å². The largest absolute Gasteiger partial charge is 0.497 e. The van der Waals surface area contributed by atoms with E-state index in [-0.39, 0.29) is 0 Å². The van der Waals surface area contributed by atoms with E-state index in [1.54, 1.807) is 7.11 Å². The number of fused-ring (bicyclic) bond motifs is 1. The van der Waals surface area contributed by atoms with E-state index in [1.165, 1.54) is 11.1 Å². The quantitative estimate of drug-likeness (QED) is 0.610. The van der Waals surface area contributed by atoms with E-state index >= 15 is 0 Å². The van der Waals surface area contributed by atoms with Crippen LogP contribution in [0, 0.1) is 0 Å². The molecule has 1 aliphatic rings. The van der Waals surface area contributed by atoms with Gasteiger partial charge in [0.1, 0.15) is 5.75 Å². The molecule has 0 spiro atoms. The number of methoxy groups -OCH3 is 1. The summed E-state index contributed by atoms with van der Waals surface area (Å²) in [6.07, 6.45) is 1.13. The summed E-state index contributed by atoms with van der Waals surface area (Å²) in [4.78, 5) is 6.88. The normalized spacial score (nSPS) is 15.7. The summed E-state index contributed by atoms with van der Waals surface area (Å²) in [6.45, 7) is 5.98. The summed E-state index contributed by atoms with van der Waals surface area (Å²) < 4.78 is 5.28. The predicted molar refractivity (Wildman–Crippen MR) is 111 cm³/mol. The van der Waals surface area contributed by atoms with Gasteiger partial charge in [0.25, 0.3) is 0 Å². The van der Waals surface area contributed by atoms with E-state index in [9.17, 15) is 0 Å². The average molecular weight is 367 g/mol. The van der Waals surface area contributed by atoms with Crippen LogP contribution in [0.4, 0.5) is 0 Å². The van der Waals surface area contributed by atoms with E-state index in [1.807, 2.05) is 25.2 Å². The molecule has 0 fully saturated rings. The number of aliphatic imine (C=N–C) groups is 1. The van der Waals surface area contributed by atoms with Crippen molar-refractivity contribution in [3.05, 3.63) is 65.2 Å². The Kier molecular flexibility index (Phi) is 6.71. The summed E-state index contributed by atoms with van der Waals surface area (Å²) >= 11 is 0. The van der Waals surface area contributed by atoms with Crippen LogP contribution in [0.2, 0.25) is 0 Å². The highest BCUT2D eigenvalue weighted by Gasteiger charge is 2.20. The lowest BCUT2D eigenvalue weighted by molar-refractivity contribution is 0.191. The van der Waals surface area contributed by atoms with Crippen LogP contribution in [0.5, 0.6) is 5.75 Å². The van der Waals surface area contributed by atoms with Crippen molar-refractivity contribution in [1.82, 2.24) is 15.5 Å². The second kappa shape index (κ2) is 9.42. The maximum absolute atomic E-state index is 5.28. The molecule has 0 aromatic heterocycles. The zero-order chi connectivity index (χ0) is 19.1. The lowest BCUT2D eigenvalue weighted by Gasteiger charge is -2.34. The summed E-state index contributed by atoms with van der Waals surface area (Å²) in [5.74, 6) is 1.69. The molecular formula is C22H30N4O. The van der Waals surface area contributed by atoms with Gasteiger partial charge in [-0.15, -0.1) is 0 Å². The van der Waals surface area contributed by atoms with Gasteiger partial charge in [-0.2, -0.15) is 0 Å². The van der Waals surface area contributed by atoms with E-state index in [0.29, 0.717) is 12.6 Å². The summed E-state index contributed by atoms with van der Waals surface area (Å²) in [5, 5.41) is 6.83. The lowest BCUT2D eigenvalue weighted by atomic mass is 9.99. The van der Waals surface area contributed by atoms with Crippen molar-refractivity contribution in [1.29, 1.82) is 0 Å². The van der Waals surface area contributed by atoms with Gasteiger partial charge in [-0.1, -0.05) is 36.4 Å². The van der Waals surface area contributed by atoms with Gasteiger partial charge in [-0.3, -0.25) is 9.89 Å². The standard InChI is InChI=1S/C22H30N4O/c1-17(26-12-11-19-8-4-5-9-20(19)16-26)14-24-22(23-2)25-15-18-7-6-10-21(13-18)27-3/h4-10,13,17H,11-12,14-16H2,1-3H3,(H2,23,24,25). The first-order valence-electron chi connectivity index (χ1n) is 9.58. The first-order valence-corrected chi connectivity index (χ1v) is 9.58. The smallest absolute Gasteiger partial charge is 0.191 e. The first-order chi connectivity index (χ1) is 13.2. The predicted octanol–water partition coefficient (Wildman–Crippen LogP) is 2.81. The van der Waals surface area contributed by atoms with Crippen LogP contribution < -0.4 is 15.4 Å². The minimum absolute atomic E-state index is 0.439. The molecule has 3 rings (SSSR count). The van der Waals surface area contributed by atoms with Crippen LogP contribution in [0.3, 0.4) is 0 Å². The van der Waals surface area contributed by atoms with E-state index in [4.69, 9.17) is 4.74 Å². The molecule has 2 aromatic rings. The van der Waals surface area contributed by atoms with E-state index in [2.05, 4.69) is 57.8 Å². The number of ether oxygens (including phenoxy) is 1. The highest BCUT2D eigenvalue weighted by molar-refractivity contribution is 5.79. The number of hydrogen-bond acceptors (Lipinski definition) is 3.